The maximum atomic E-state index is 13.0. The molecule has 1 aromatic rings. The topological polar surface area (TPSA) is 227 Å². The quantitative estimate of drug-likeness (QED) is 0.149. The zero-order chi connectivity index (χ0) is 28.7. The molecule has 3 atom stereocenters. The van der Waals surface area contributed by atoms with Crippen molar-refractivity contribution in [2.75, 3.05) is 24.8 Å². The van der Waals surface area contributed by atoms with Crippen molar-refractivity contribution in [3.05, 3.63) is 41.6 Å². The fraction of sp³-hybridized carbons (Fsp3) is 0.391. The second-order valence-corrected chi connectivity index (χ2v) is 9.51. The van der Waals surface area contributed by atoms with Crippen molar-refractivity contribution < 1.29 is 48.5 Å². The minimum Gasteiger partial charge on any atom is -0.480 e. The number of carboxylic acid groups (broad SMARTS) is 2. The zero-order valence-electron chi connectivity index (χ0n) is 20.7. The molecule has 0 aromatic heterocycles. The zero-order valence-corrected chi connectivity index (χ0v) is 21.5. The number of hydrogen-bond acceptors (Lipinski definition) is 9. The van der Waals surface area contributed by atoms with Gasteiger partial charge in [-0.3, -0.25) is 14.5 Å². The van der Waals surface area contributed by atoms with Crippen molar-refractivity contribution in [3.63, 3.8) is 0 Å². The van der Waals surface area contributed by atoms with E-state index in [4.69, 9.17) is 10.5 Å². The summed E-state index contributed by atoms with van der Waals surface area (Å²) in [4.78, 5) is 73.2. The second kappa shape index (κ2) is 12.5. The Morgan fingerprint density at radius 3 is 2.49 bits per heavy atom. The number of fused-ring (bicyclic) bond motifs is 1. The number of urea groups is 1. The number of para-hydroxylation sites is 1. The first-order valence-corrected chi connectivity index (χ1v) is 12.6. The maximum absolute atomic E-state index is 13.0. The summed E-state index contributed by atoms with van der Waals surface area (Å²) < 4.78 is 10.0. The van der Waals surface area contributed by atoms with E-state index in [-0.39, 0.29) is 30.6 Å². The van der Waals surface area contributed by atoms with Gasteiger partial charge in [0.15, 0.2) is 0 Å². The summed E-state index contributed by atoms with van der Waals surface area (Å²) in [5.74, 6) is -4.16. The molecular weight excluding hydrogens is 538 g/mol. The number of nitrogens with one attached hydrogen (secondary N) is 3. The molecule has 0 bridgehead atoms. The van der Waals surface area contributed by atoms with E-state index in [2.05, 4.69) is 20.7 Å². The highest BCUT2D eigenvalue weighted by Gasteiger charge is 2.66. The molecule has 2 aliphatic heterocycles. The van der Waals surface area contributed by atoms with Crippen LogP contribution in [0.2, 0.25) is 0 Å². The van der Waals surface area contributed by atoms with Crippen molar-refractivity contribution >= 4 is 53.3 Å². The summed E-state index contributed by atoms with van der Waals surface area (Å²) in [6.45, 7) is -0.422. The predicted octanol–water partition coefficient (Wildman–Crippen LogP) is 0.240. The average molecular weight is 566 g/mol. The van der Waals surface area contributed by atoms with Crippen LogP contribution >= 0.6 is 11.8 Å². The minimum atomic E-state index is -1.85. The lowest BCUT2D eigenvalue weighted by Crippen LogP contribution is -2.80. The van der Waals surface area contributed by atoms with Gasteiger partial charge in [0.05, 0.1) is 0 Å². The normalized spacial score (nSPS) is 20.7. The lowest BCUT2D eigenvalue weighted by molar-refractivity contribution is -0.192. The number of carbonyl (C=O) groups is 6. The highest BCUT2D eigenvalue weighted by molar-refractivity contribution is 8.00. The van der Waals surface area contributed by atoms with E-state index >= 15 is 0 Å². The smallest absolute Gasteiger partial charge is 0.404 e. The number of rotatable bonds is 12. The van der Waals surface area contributed by atoms with E-state index in [0.717, 1.165) is 16.7 Å². The van der Waals surface area contributed by atoms with E-state index in [1.165, 1.54) is 7.11 Å². The van der Waals surface area contributed by atoms with Crippen LogP contribution in [0.15, 0.2) is 41.6 Å². The third-order valence-electron chi connectivity index (χ3n) is 5.88. The molecule has 5 amide bonds. The number of benzene rings is 1. The number of carboxylic acids is 2. The highest BCUT2D eigenvalue weighted by Crippen LogP contribution is 2.46. The van der Waals surface area contributed by atoms with E-state index in [1.807, 2.05) is 0 Å². The van der Waals surface area contributed by atoms with Crippen molar-refractivity contribution in [1.82, 2.24) is 15.5 Å². The molecular formula is C23H27N5O10S. The predicted molar refractivity (Wildman–Crippen MR) is 135 cm³/mol. The Morgan fingerprint density at radius 2 is 1.90 bits per heavy atom. The van der Waals surface area contributed by atoms with Crippen LogP contribution in [0.5, 0.6) is 0 Å². The van der Waals surface area contributed by atoms with E-state index in [0.29, 0.717) is 5.69 Å². The molecule has 3 rings (SSSR count). The maximum Gasteiger partial charge on any atom is 0.404 e. The SMILES string of the molecule is COC1(NC(=O)CCCC(NC(=O)Nc2ccccc2)C(=O)O)C(=O)N2C(C(=O)O)=C(COC(N)=O)CS[C@@H]21. The van der Waals surface area contributed by atoms with Gasteiger partial charge in [-0.1, -0.05) is 18.2 Å². The van der Waals surface area contributed by atoms with Crippen LogP contribution in [-0.2, 0) is 28.7 Å². The van der Waals surface area contributed by atoms with Gasteiger partial charge in [0, 0.05) is 30.5 Å². The Kier molecular flexibility index (Phi) is 9.37. The summed E-state index contributed by atoms with van der Waals surface area (Å²) in [5, 5.41) is 25.5. The number of nitrogens with two attached hydrogens (primary N) is 1. The van der Waals surface area contributed by atoms with Crippen molar-refractivity contribution in [1.29, 1.82) is 0 Å². The number of methoxy groups -OCH3 is 1. The fourth-order valence-electron chi connectivity index (χ4n) is 4.05. The molecule has 7 N–H and O–H groups in total. The summed E-state index contributed by atoms with van der Waals surface area (Å²) in [6, 6.07) is 6.40. The Hall–Kier alpha value is -4.31. The molecule has 2 heterocycles. The molecule has 1 aromatic carbocycles. The van der Waals surface area contributed by atoms with E-state index in [9.17, 15) is 39.0 Å². The van der Waals surface area contributed by atoms with Gasteiger partial charge in [-0.25, -0.2) is 19.2 Å². The first-order chi connectivity index (χ1) is 18.5. The van der Waals surface area contributed by atoms with Crippen LogP contribution in [0.3, 0.4) is 0 Å². The Balaban J connectivity index is 1.58. The summed E-state index contributed by atoms with van der Waals surface area (Å²) in [7, 11) is 1.18. The third kappa shape index (κ3) is 6.58. The van der Waals surface area contributed by atoms with Gasteiger partial charge in [-0.15, -0.1) is 11.8 Å². The number of aliphatic carboxylic acids is 2. The molecule has 15 nitrogen and oxygen atoms in total. The monoisotopic (exact) mass is 565 g/mol. The van der Waals surface area contributed by atoms with Crippen LogP contribution in [0, 0.1) is 0 Å². The lowest BCUT2D eigenvalue weighted by Gasteiger charge is -2.55. The van der Waals surface area contributed by atoms with Gasteiger partial charge in [0.1, 0.15) is 23.7 Å². The first kappa shape index (κ1) is 29.2. The number of β-lactam (4-membered cyclic amide) rings is 1. The van der Waals surface area contributed by atoms with Crippen molar-refractivity contribution in [2.45, 2.75) is 36.4 Å². The number of thioether (sulfide) groups is 1. The molecule has 210 valence electrons. The van der Waals surface area contributed by atoms with Crippen LogP contribution in [-0.4, -0.2) is 87.6 Å². The van der Waals surface area contributed by atoms with Crippen LogP contribution < -0.4 is 21.7 Å². The minimum absolute atomic E-state index is 0.0405. The molecule has 2 aliphatic rings. The largest absolute Gasteiger partial charge is 0.480 e. The molecule has 0 aliphatic carbocycles. The van der Waals surface area contributed by atoms with Crippen LogP contribution in [0.4, 0.5) is 15.3 Å². The van der Waals surface area contributed by atoms with Gasteiger partial charge < -0.3 is 41.4 Å². The van der Waals surface area contributed by atoms with Gasteiger partial charge in [0.25, 0.3) is 11.6 Å². The third-order valence-corrected chi connectivity index (χ3v) is 7.25. The number of amides is 5. The van der Waals surface area contributed by atoms with Crippen LogP contribution in [0.25, 0.3) is 0 Å². The summed E-state index contributed by atoms with van der Waals surface area (Å²) in [5.41, 5.74) is 3.32. The number of primary amides is 1. The van der Waals surface area contributed by atoms with Crippen molar-refractivity contribution in [2.24, 2.45) is 5.73 Å². The Labute approximate surface area is 226 Å². The molecule has 1 fully saturated rings. The standard InChI is InChI=1S/C23H27N5O10S/c1-37-23(19(34)28-16(18(32)33)12(10-38-21(24)35)11-39-20(23)28)27-15(29)9-5-8-14(17(30)31)26-22(36)25-13-6-3-2-4-7-13/h2-4,6-7,14,20H,5,8-11H2,1H3,(H2,24,35)(H,27,29)(H,30,31)(H,32,33)(H2,25,26,36)/t14?,20-,23?/m1/s1. The molecule has 1 saturated heterocycles. The van der Waals surface area contributed by atoms with Gasteiger partial charge in [0.2, 0.25) is 5.91 Å². The summed E-state index contributed by atoms with van der Waals surface area (Å²) >= 11 is 1.09. The lowest BCUT2D eigenvalue weighted by atomic mass is 9.97. The molecule has 2 unspecified atom stereocenters. The number of hydrogen-bond donors (Lipinski definition) is 6. The van der Waals surface area contributed by atoms with Gasteiger partial charge in [-0.05, 0) is 25.0 Å². The highest BCUT2D eigenvalue weighted by atomic mass is 32.2. The number of nitrogens with zero attached hydrogens (tertiary/aromatic N) is 1. The molecule has 0 radical (unpaired) electrons. The number of carbonyl (C=O) groups excluding carboxylic acids is 4. The Morgan fingerprint density at radius 1 is 1.21 bits per heavy atom. The average Bonchev–Trinajstić information content (AvgIpc) is 2.89. The number of anilines is 1. The van der Waals surface area contributed by atoms with E-state index in [1.54, 1.807) is 30.3 Å². The van der Waals surface area contributed by atoms with Gasteiger partial charge >= 0.3 is 24.1 Å². The molecule has 16 heteroatoms. The van der Waals surface area contributed by atoms with Gasteiger partial charge in [-0.2, -0.15) is 0 Å². The number of ether oxygens (including phenoxy) is 2. The Bertz CT molecular complexity index is 1190. The second-order valence-electron chi connectivity index (χ2n) is 8.44. The molecule has 0 spiro atoms. The molecule has 0 saturated carbocycles. The van der Waals surface area contributed by atoms with E-state index < -0.39 is 65.3 Å². The molecule has 39 heavy (non-hydrogen) atoms. The fourth-order valence-corrected chi connectivity index (χ4v) is 5.47. The van der Waals surface area contributed by atoms with Crippen molar-refractivity contribution in [3.8, 4) is 0 Å². The summed E-state index contributed by atoms with van der Waals surface area (Å²) in [6.07, 6.45) is -1.36. The first-order valence-electron chi connectivity index (χ1n) is 11.5. The van der Waals surface area contributed by atoms with Crippen LogP contribution in [0.1, 0.15) is 19.3 Å².